The van der Waals surface area contributed by atoms with Crippen molar-refractivity contribution in [3.05, 3.63) is 52.1 Å². The number of hydrogen-bond donors (Lipinski definition) is 1. The molecule has 0 aliphatic rings. The molecule has 0 aliphatic heterocycles. The molecule has 2 aromatic rings. The molecule has 0 unspecified atom stereocenters. The predicted molar refractivity (Wildman–Crippen MR) is 74.0 cm³/mol. The van der Waals surface area contributed by atoms with Crippen molar-refractivity contribution in [2.24, 2.45) is 0 Å². The van der Waals surface area contributed by atoms with E-state index >= 15 is 0 Å². The molecule has 18 heavy (non-hydrogen) atoms. The van der Waals surface area contributed by atoms with Crippen molar-refractivity contribution < 1.29 is 9.84 Å². The van der Waals surface area contributed by atoms with Crippen LogP contribution < -0.4 is 4.74 Å². The van der Waals surface area contributed by atoms with E-state index in [4.69, 9.17) is 9.84 Å². The first-order valence-electron chi connectivity index (χ1n) is 5.69. The van der Waals surface area contributed by atoms with E-state index in [1.807, 2.05) is 37.3 Å². The van der Waals surface area contributed by atoms with E-state index in [0.29, 0.717) is 12.3 Å². The first-order chi connectivity index (χ1) is 8.69. The normalized spacial score (nSPS) is 10.4. The number of halogens is 1. The minimum Gasteiger partial charge on any atom is -0.438 e. The van der Waals surface area contributed by atoms with Crippen LogP contribution in [0.15, 0.2) is 41.0 Å². The Morgan fingerprint density at radius 3 is 2.61 bits per heavy atom. The van der Waals surface area contributed by atoms with Crippen molar-refractivity contribution in [3.8, 4) is 11.6 Å². The lowest BCUT2D eigenvalue weighted by Crippen LogP contribution is -1.92. The maximum absolute atomic E-state index is 8.84. The lowest BCUT2D eigenvalue weighted by Gasteiger charge is -2.07. The zero-order valence-electron chi connectivity index (χ0n) is 10.1. The molecule has 4 heteroatoms. The number of hydrogen-bond acceptors (Lipinski definition) is 3. The molecule has 0 radical (unpaired) electrons. The number of pyridine rings is 1. The highest BCUT2D eigenvalue weighted by molar-refractivity contribution is 9.10. The van der Waals surface area contributed by atoms with Crippen molar-refractivity contribution in [2.75, 3.05) is 6.61 Å². The fraction of sp³-hybridized carbons (Fsp3) is 0.214. The zero-order chi connectivity index (χ0) is 13.0. The van der Waals surface area contributed by atoms with Gasteiger partial charge in [0.05, 0.1) is 4.47 Å². The number of ether oxygens (including phenoxy) is 1. The molecule has 94 valence electrons. The average molecular weight is 308 g/mol. The van der Waals surface area contributed by atoms with Crippen LogP contribution in [0.3, 0.4) is 0 Å². The Morgan fingerprint density at radius 1 is 1.28 bits per heavy atom. The van der Waals surface area contributed by atoms with E-state index in [9.17, 15) is 0 Å². The van der Waals surface area contributed by atoms with Crippen molar-refractivity contribution in [3.63, 3.8) is 0 Å². The molecule has 2 rings (SSSR count). The highest BCUT2D eigenvalue weighted by atomic mass is 79.9. The van der Waals surface area contributed by atoms with Gasteiger partial charge in [0, 0.05) is 12.8 Å². The summed E-state index contributed by atoms with van der Waals surface area (Å²) in [7, 11) is 0. The van der Waals surface area contributed by atoms with Gasteiger partial charge in [0.1, 0.15) is 5.75 Å². The van der Waals surface area contributed by atoms with E-state index in [1.165, 1.54) is 0 Å². The molecule has 0 spiro atoms. The van der Waals surface area contributed by atoms with Gasteiger partial charge in [-0.05, 0) is 58.6 Å². The maximum Gasteiger partial charge on any atom is 0.233 e. The SMILES string of the molecule is Cc1cnc(Oc2ccc(CCO)cc2)c(Br)c1. The molecule has 1 heterocycles. The van der Waals surface area contributed by atoms with E-state index in [1.54, 1.807) is 6.20 Å². The molecule has 0 saturated carbocycles. The fourth-order valence-corrected chi connectivity index (χ4v) is 2.11. The van der Waals surface area contributed by atoms with Crippen LogP contribution in [0.25, 0.3) is 0 Å². The van der Waals surface area contributed by atoms with Gasteiger partial charge in [-0.3, -0.25) is 0 Å². The Morgan fingerprint density at radius 2 is 2.00 bits per heavy atom. The summed E-state index contributed by atoms with van der Waals surface area (Å²) < 4.78 is 6.51. The number of aromatic nitrogens is 1. The first-order valence-corrected chi connectivity index (χ1v) is 6.48. The minimum absolute atomic E-state index is 0.158. The van der Waals surface area contributed by atoms with E-state index < -0.39 is 0 Å². The maximum atomic E-state index is 8.84. The Hall–Kier alpha value is -1.39. The molecule has 0 atom stereocenters. The number of aliphatic hydroxyl groups is 1. The summed E-state index contributed by atoms with van der Waals surface area (Å²) in [6.07, 6.45) is 2.42. The first kappa shape index (κ1) is 13.1. The second-order valence-electron chi connectivity index (χ2n) is 4.02. The second-order valence-corrected chi connectivity index (χ2v) is 4.87. The number of aryl methyl sites for hydroxylation is 1. The van der Waals surface area contributed by atoms with Crippen molar-refractivity contribution >= 4 is 15.9 Å². The van der Waals surface area contributed by atoms with Crippen LogP contribution in [0, 0.1) is 6.92 Å². The summed E-state index contributed by atoms with van der Waals surface area (Å²) in [5, 5.41) is 8.84. The number of aliphatic hydroxyl groups excluding tert-OH is 1. The van der Waals surface area contributed by atoms with Crippen LogP contribution in [0.5, 0.6) is 11.6 Å². The third-order valence-corrected chi connectivity index (χ3v) is 3.05. The highest BCUT2D eigenvalue weighted by Crippen LogP contribution is 2.27. The van der Waals surface area contributed by atoms with E-state index in [0.717, 1.165) is 21.3 Å². The van der Waals surface area contributed by atoms with Crippen LogP contribution in [0.2, 0.25) is 0 Å². The van der Waals surface area contributed by atoms with Gasteiger partial charge in [-0.25, -0.2) is 4.98 Å². The molecular weight excluding hydrogens is 294 g/mol. The molecule has 0 fully saturated rings. The van der Waals surface area contributed by atoms with E-state index in [2.05, 4.69) is 20.9 Å². The molecule has 3 nitrogen and oxygen atoms in total. The summed E-state index contributed by atoms with van der Waals surface area (Å²) in [5.41, 5.74) is 2.16. The van der Waals surface area contributed by atoms with Crippen molar-refractivity contribution in [2.45, 2.75) is 13.3 Å². The van der Waals surface area contributed by atoms with Gasteiger partial charge >= 0.3 is 0 Å². The molecule has 1 N–H and O–H groups in total. The molecule has 1 aromatic heterocycles. The largest absolute Gasteiger partial charge is 0.438 e. The predicted octanol–water partition coefficient (Wildman–Crippen LogP) is 3.48. The molecule has 0 aliphatic carbocycles. The number of benzene rings is 1. The van der Waals surface area contributed by atoms with Crippen molar-refractivity contribution in [1.82, 2.24) is 4.98 Å². The van der Waals surface area contributed by atoms with Gasteiger partial charge in [-0.2, -0.15) is 0 Å². The number of nitrogens with zero attached hydrogens (tertiary/aromatic N) is 1. The summed E-state index contributed by atoms with van der Waals surface area (Å²) in [5.74, 6) is 1.28. The van der Waals surface area contributed by atoms with Gasteiger partial charge in [0.25, 0.3) is 0 Å². The van der Waals surface area contributed by atoms with Gasteiger partial charge in [0.15, 0.2) is 0 Å². The summed E-state index contributed by atoms with van der Waals surface area (Å²) in [4.78, 5) is 4.22. The molecule has 0 saturated heterocycles. The molecular formula is C14H14BrNO2. The van der Waals surface area contributed by atoms with Gasteiger partial charge in [-0.1, -0.05) is 12.1 Å². The van der Waals surface area contributed by atoms with Crippen LogP contribution in [0.1, 0.15) is 11.1 Å². The number of rotatable bonds is 4. The highest BCUT2D eigenvalue weighted by Gasteiger charge is 2.04. The van der Waals surface area contributed by atoms with Crippen LogP contribution in [-0.4, -0.2) is 16.7 Å². The Kier molecular flexibility index (Phi) is 4.33. The van der Waals surface area contributed by atoms with E-state index in [-0.39, 0.29) is 6.61 Å². The Balaban J connectivity index is 2.13. The zero-order valence-corrected chi connectivity index (χ0v) is 11.6. The summed E-state index contributed by atoms with van der Waals surface area (Å²) in [6.45, 7) is 2.14. The topological polar surface area (TPSA) is 42.4 Å². The second kappa shape index (κ2) is 5.98. The Labute approximate surface area is 115 Å². The monoisotopic (exact) mass is 307 g/mol. The third kappa shape index (κ3) is 3.31. The standard InChI is InChI=1S/C14H14BrNO2/c1-10-8-13(15)14(16-9-10)18-12-4-2-11(3-5-12)6-7-17/h2-5,8-9,17H,6-7H2,1H3. The lowest BCUT2D eigenvalue weighted by molar-refractivity contribution is 0.299. The van der Waals surface area contributed by atoms with Gasteiger partial charge < -0.3 is 9.84 Å². The van der Waals surface area contributed by atoms with Crippen LogP contribution in [-0.2, 0) is 6.42 Å². The summed E-state index contributed by atoms with van der Waals surface area (Å²) >= 11 is 3.42. The molecule has 1 aromatic carbocycles. The van der Waals surface area contributed by atoms with Crippen molar-refractivity contribution in [1.29, 1.82) is 0 Å². The average Bonchev–Trinajstić information content (AvgIpc) is 2.35. The Bertz CT molecular complexity index is 526. The summed E-state index contributed by atoms with van der Waals surface area (Å²) in [6, 6.07) is 9.59. The fourth-order valence-electron chi connectivity index (χ4n) is 1.56. The third-order valence-electron chi connectivity index (χ3n) is 2.48. The van der Waals surface area contributed by atoms with Crippen LogP contribution in [0.4, 0.5) is 0 Å². The smallest absolute Gasteiger partial charge is 0.233 e. The molecule has 0 amide bonds. The minimum atomic E-state index is 0.158. The molecule has 0 bridgehead atoms. The van der Waals surface area contributed by atoms with Crippen LogP contribution >= 0.6 is 15.9 Å². The quantitative estimate of drug-likeness (QED) is 0.940. The van der Waals surface area contributed by atoms with Gasteiger partial charge in [0.2, 0.25) is 5.88 Å². The van der Waals surface area contributed by atoms with Gasteiger partial charge in [-0.15, -0.1) is 0 Å². The lowest BCUT2D eigenvalue weighted by atomic mass is 10.1.